The lowest BCUT2D eigenvalue weighted by Gasteiger charge is -2.36. The minimum Gasteiger partial charge on any atom is -0.479 e. The van der Waals surface area contributed by atoms with Gasteiger partial charge in [-0.25, -0.2) is 4.79 Å². The summed E-state index contributed by atoms with van der Waals surface area (Å²) in [5, 5.41) is 28.7. The number of aliphatic hydroxyl groups excluding tert-OH is 1. The van der Waals surface area contributed by atoms with Gasteiger partial charge in [-0.3, -0.25) is 0 Å². The number of carbonyl (C=O) groups is 1. The van der Waals surface area contributed by atoms with Crippen LogP contribution in [-0.2, 0) is 4.79 Å². The first-order valence-electron chi connectivity index (χ1n) is 7.29. The molecule has 4 rings (SSSR count). The zero-order chi connectivity index (χ0) is 14.2. The van der Waals surface area contributed by atoms with Gasteiger partial charge in [-0.1, -0.05) is 13.8 Å². The Morgan fingerprint density at radius 3 is 2.26 bits per heavy atom. The molecule has 0 amide bonds. The zero-order valence-corrected chi connectivity index (χ0v) is 11.9. The van der Waals surface area contributed by atoms with Gasteiger partial charge in [0.1, 0.15) is 0 Å². The molecule has 0 aliphatic heterocycles. The van der Waals surface area contributed by atoms with Crippen molar-refractivity contribution in [1.82, 2.24) is 0 Å². The van der Waals surface area contributed by atoms with Crippen molar-refractivity contribution in [2.75, 3.05) is 0 Å². The molecule has 4 saturated carbocycles. The lowest BCUT2D eigenvalue weighted by atomic mass is 9.70. The Morgan fingerprint density at radius 1 is 1.37 bits per heavy atom. The second-order valence-corrected chi connectivity index (χ2v) is 7.59. The van der Waals surface area contributed by atoms with Gasteiger partial charge in [0.25, 0.3) is 0 Å². The van der Waals surface area contributed by atoms with Crippen LogP contribution < -0.4 is 0 Å². The van der Waals surface area contributed by atoms with Gasteiger partial charge in [0, 0.05) is 0 Å². The molecule has 3 N–H and O–H groups in total. The third-order valence-electron chi connectivity index (χ3n) is 7.14. The molecule has 4 heteroatoms. The van der Waals surface area contributed by atoms with Crippen LogP contribution in [0.1, 0.15) is 46.5 Å². The van der Waals surface area contributed by atoms with Crippen molar-refractivity contribution in [3.63, 3.8) is 0 Å². The Bertz CT molecular complexity index is 418. The van der Waals surface area contributed by atoms with Gasteiger partial charge >= 0.3 is 5.97 Å². The molecule has 0 heterocycles. The smallest absolute Gasteiger partial charge is 0.338 e. The summed E-state index contributed by atoms with van der Waals surface area (Å²) >= 11 is 0. The maximum Gasteiger partial charge on any atom is 0.338 e. The summed E-state index contributed by atoms with van der Waals surface area (Å²) in [4.78, 5) is 10.9. The normalized spacial score (nSPS) is 50.9. The molecule has 4 bridgehead atoms. The van der Waals surface area contributed by atoms with Gasteiger partial charge < -0.3 is 15.3 Å². The molecule has 0 radical (unpaired) electrons. The molecule has 5 unspecified atom stereocenters. The fourth-order valence-electron chi connectivity index (χ4n) is 5.37. The van der Waals surface area contributed by atoms with E-state index in [1.807, 2.05) is 0 Å². The van der Waals surface area contributed by atoms with Crippen molar-refractivity contribution in [3.05, 3.63) is 0 Å². The lowest BCUT2D eigenvalue weighted by molar-refractivity contribution is -0.169. The molecule has 0 spiro atoms. The first kappa shape index (κ1) is 13.4. The Morgan fingerprint density at radius 2 is 1.89 bits per heavy atom. The minimum atomic E-state index is -2.04. The van der Waals surface area contributed by atoms with Crippen LogP contribution in [0.15, 0.2) is 0 Å². The highest BCUT2D eigenvalue weighted by Crippen LogP contribution is 2.87. The van der Waals surface area contributed by atoms with E-state index in [4.69, 9.17) is 5.11 Å². The monoisotopic (exact) mass is 268 g/mol. The summed E-state index contributed by atoms with van der Waals surface area (Å²) < 4.78 is 0. The standard InChI is InChI=1S/C15H24O4/c1-13(5-4-11(16)15(3,19)12(17)18)8-6-9-10(7-8)14(9,13)2/h8-11,16,19H,4-7H2,1-3H3,(H,17,18). The van der Waals surface area contributed by atoms with Gasteiger partial charge in [0.05, 0.1) is 6.10 Å². The van der Waals surface area contributed by atoms with Crippen LogP contribution in [-0.4, -0.2) is 33.0 Å². The van der Waals surface area contributed by atoms with Crippen LogP contribution in [0, 0.1) is 28.6 Å². The second-order valence-electron chi connectivity index (χ2n) is 7.59. The Kier molecular flexibility index (Phi) is 2.48. The number of carboxylic acid groups (broad SMARTS) is 1. The molecule has 4 aliphatic rings. The topological polar surface area (TPSA) is 77.8 Å². The van der Waals surface area contributed by atoms with E-state index in [0.717, 1.165) is 24.2 Å². The van der Waals surface area contributed by atoms with Gasteiger partial charge in [-0.05, 0) is 61.2 Å². The molecule has 0 aromatic carbocycles. The van der Waals surface area contributed by atoms with E-state index in [0.29, 0.717) is 11.8 Å². The fraction of sp³-hybridized carbons (Fsp3) is 0.933. The summed E-state index contributed by atoms with van der Waals surface area (Å²) in [6, 6.07) is 0. The number of aliphatic hydroxyl groups is 2. The van der Waals surface area contributed by atoms with Crippen molar-refractivity contribution >= 4 is 5.97 Å². The van der Waals surface area contributed by atoms with E-state index in [-0.39, 0.29) is 5.41 Å². The number of hydrogen-bond donors (Lipinski definition) is 3. The van der Waals surface area contributed by atoms with Crippen LogP contribution in [0.25, 0.3) is 0 Å². The van der Waals surface area contributed by atoms with Crippen molar-refractivity contribution in [1.29, 1.82) is 0 Å². The van der Waals surface area contributed by atoms with Crippen LogP contribution in [0.5, 0.6) is 0 Å². The molecule has 0 saturated heterocycles. The van der Waals surface area contributed by atoms with Gasteiger partial charge in [-0.15, -0.1) is 0 Å². The van der Waals surface area contributed by atoms with Crippen molar-refractivity contribution < 1.29 is 20.1 Å². The average Bonchev–Trinajstić information content (AvgIpc) is 2.71. The number of hydrogen-bond acceptors (Lipinski definition) is 3. The molecule has 4 nitrogen and oxygen atoms in total. The third kappa shape index (κ3) is 1.39. The number of aliphatic carboxylic acids is 1. The van der Waals surface area contributed by atoms with Crippen LogP contribution in [0.2, 0.25) is 0 Å². The summed E-state index contributed by atoms with van der Waals surface area (Å²) in [5.41, 5.74) is -1.41. The Balaban J connectivity index is 1.67. The number of rotatable bonds is 5. The van der Waals surface area contributed by atoms with E-state index in [1.165, 1.54) is 19.8 Å². The SMILES string of the molecule is CC(O)(C(=O)O)C(O)CCC1(C)C2CC3C(C2)C31C. The molecule has 0 aromatic rings. The largest absolute Gasteiger partial charge is 0.479 e. The lowest BCUT2D eigenvalue weighted by Crippen LogP contribution is -2.47. The maximum atomic E-state index is 10.9. The molecule has 0 aromatic heterocycles. The average molecular weight is 268 g/mol. The van der Waals surface area contributed by atoms with Gasteiger partial charge in [0.2, 0.25) is 0 Å². The second kappa shape index (κ2) is 3.53. The molecular formula is C15H24O4. The van der Waals surface area contributed by atoms with Crippen molar-refractivity contribution in [3.8, 4) is 0 Å². The quantitative estimate of drug-likeness (QED) is 0.708. The Hall–Kier alpha value is -0.610. The predicted octanol–water partition coefficient (Wildman–Crippen LogP) is 1.65. The van der Waals surface area contributed by atoms with Crippen LogP contribution in [0.3, 0.4) is 0 Å². The van der Waals surface area contributed by atoms with E-state index >= 15 is 0 Å². The highest BCUT2D eigenvalue weighted by atomic mass is 16.4. The van der Waals surface area contributed by atoms with E-state index in [1.54, 1.807) is 0 Å². The first-order chi connectivity index (χ1) is 8.65. The van der Waals surface area contributed by atoms with E-state index in [9.17, 15) is 15.0 Å². The fourth-order valence-corrected chi connectivity index (χ4v) is 5.37. The van der Waals surface area contributed by atoms with Gasteiger partial charge in [0.15, 0.2) is 5.60 Å². The molecule has 5 atom stereocenters. The maximum absolute atomic E-state index is 10.9. The van der Waals surface area contributed by atoms with Crippen molar-refractivity contribution in [2.24, 2.45) is 28.6 Å². The summed E-state index contributed by atoms with van der Waals surface area (Å²) in [6.45, 7) is 5.84. The van der Waals surface area contributed by atoms with Crippen LogP contribution >= 0.6 is 0 Å². The molecular weight excluding hydrogens is 244 g/mol. The van der Waals surface area contributed by atoms with Gasteiger partial charge in [-0.2, -0.15) is 0 Å². The molecule has 108 valence electrons. The Labute approximate surface area is 113 Å². The van der Waals surface area contributed by atoms with E-state index < -0.39 is 17.7 Å². The summed E-state index contributed by atoms with van der Waals surface area (Å²) in [6.07, 6.45) is 2.60. The van der Waals surface area contributed by atoms with Crippen molar-refractivity contribution in [2.45, 2.75) is 58.2 Å². The highest BCUT2D eigenvalue weighted by molar-refractivity contribution is 5.77. The first-order valence-corrected chi connectivity index (χ1v) is 7.29. The molecule has 19 heavy (non-hydrogen) atoms. The predicted molar refractivity (Wildman–Crippen MR) is 69.4 cm³/mol. The molecule has 4 fully saturated rings. The van der Waals surface area contributed by atoms with E-state index in [2.05, 4.69) is 13.8 Å². The minimum absolute atomic E-state index is 0.220. The number of carboxylic acids is 1. The van der Waals surface area contributed by atoms with Crippen LogP contribution in [0.4, 0.5) is 0 Å². The third-order valence-corrected chi connectivity index (χ3v) is 7.14. The zero-order valence-electron chi connectivity index (χ0n) is 11.9. The summed E-state index contributed by atoms with van der Waals surface area (Å²) in [5.74, 6) is 1.10. The highest BCUT2D eigenvalue weighted by Gasteiger charge is 2.80. The molecule has 4 aliphatic carbocycles. The summed E-state index contributed by atoms with van der Waals surface area (Å²) in [7, 11) is 0.